The third-order valence-electron chi connectivity index (χ3n) is 0.714. The fourth-order valence-corrected chi connectivity index (χ4v) is 1.45. The largest absolute Gasteiger partial charge is 0 e. The Morgan fingerprint density at radius 1 is 0.654 bits per heavy atom. The maximum atomic E-state index is 4.03. The second kappa shape index (κ2) is 108. The first-order valence-corrected chi connectivity index (χ1v) is 40.3. The topological polar surface area (TPSA) is 14.1 Å². The van der Waals surface area contributed by atoms with E-state index in [1.807, 2.05) is 6.08 Å². The minimum absolute atomic E-state index is 0. The summed E-state index contributed by atoms with van der Waals surface area (Å²) < 4.78 is 7.42. The molecular weight excluding hydrogens is 1940 g/mol. The van der Waals surface area contributed by atoms with E-state index in [4.69, 9.17) is 0 Å². The predicted molar refractivity (Wildman–Crippen MR) is 90.1 cm³/mol. The zero-order valence-electron chi connectivity index (χ0n) is 17.3. The summed E-state index contributed by atoms with van der Waals surface area (Å²) >= 11 is 14.1. The standard InChI is InChI=1S/C6H4N.9CH3.9W.Y/c1-4-5-6(2)7-3;;;;;;;;;;;;;;;;;;;/h5H,3H3;9*1H3;;;;;;;;;;/q-3;9*-1;;;;;;;;;;. The first-order valence-electron chi connectivity index (χ1n) is 2.86. The molecule has 0 bridgehead atoms. The molecule has 0 aromatic rings. The van der Waals surface area contributed by atoms with Crippen molar-refractivity contribution in [1.82, 2.24) is 0 Å². The zero-order valence-corrected chi connectivity index (χ0v) is 46.5. The molecule has 11 heteroatoms. The number of nitrogens with zero attached hydrogens (tertiary/aromatic N) is 1. The van der Waals surface area contributed by atoms with Gasteiger partial charge in [-0.15, -0.1) is 0 Å². The van der Waals surface area contributed by atoms with Crippen LogP contribution in [0.3, 0.4) is 0 Å². The Balaban J connectivity index is -0.00000000687. The first-order chi connectivity index (χ1) is 7.74. The van der Waals surface area contributed by atoms with Crippen LogP contribution in [-0.2, 0) is 188 Å². The Morgan fingerprint density at radius 2 is 0.885 bits per heavy atom. The second-order valence-corrected chi connectivity index (χ2v) is 4.37. The van der Waals surface area contributed by atoms with Crippen LogP contribution in [0.4, 0.5) is 0 Å². The van der Waals surface area contributed by atoms with Gasteiger partial charge in [0.2, 0.25) is 0 Å². The van der Waals surface area contributed by atoms with Gasteiger partial charge >= 0.3 is 192 Å². The number of hydrogen-bond acceptors (Lipinski definition) is 0. The van der Waals surface area contributed by atoms with Gasteiger partial charge in [0.1, 0.15) is 0 Å². The minimum atomic E-state index is 0. The van der Waals surface area contributed by atoms with E-state index in [-0.39, 0.29) is 99.5 Å². The second-order valence-electron chi connectivity index (χ2n) is 1.32. The van der Waals surface area contributed by atoms with Gasteiger partial charge < -0.3 is 66.8 Å². The van der Waals surface area contributed by atoms with Crippen molar-refractivity contribution in [3.8, 4) is 0 Å². The molecule has 0 amide bonds. The van der Waals surface area contributed by atoms with Gasteiger partial charge in [0.15, 0.2) is 0 Å². The zero-order chi connectivity index (χ0) is 14.0. The van der Waals surface area contributed by atoms with E-state index in [0.717, 1.165) is 5.70 Å². The van der Waals surface area contributed by atoms with Crippen molar-refractivity contribution in [2.75, 3.05) is 7.05 Å². The summed E-state index contributed by atoms with van der Waals surface area (Å²) in [5, 5.41) is 4.03. The molecule has 0 saturated carbocycles. The Kier molecular flexibility index (Phi) is 391. The van der Waals surface area contributed by atoms with Crippen LogP contribution in [-0.4, -0.2) is 19.7 Å². The van der Waals surface area contributed by atoms with E-state index >= 15 is 0 Å². The number of hydrogen-bond donors (Lipinski definition) is 0. The summed E-state index contributed by atoms with van der Waals surface area (Å²) in [5.74, 6) is 0. The fourth-order valence-electron chi connectivity index (χ4n) is 0.293. The van der Waals surface area contributed by atoms with Crippen molar-refractivity contribution in [1.29, 1.82) is 0 Å². The molecule has 0 aromatic carbocycles. The fraction of sp³-hybridized carbons (Fsp3) is 0.0667. The predicted octanol–water partition coefficient (Wildman–Crippen LogP) is 4.08. The van der Waals surface area contributed by atoms with Gasteiger partial charge in [0, 0.05) is 32.7 Å². The molecule has 165 valence electrons. The van der Waals surface area contributed by atoms with Crippen LogP contribution in [0.2, 0.25) is 0 Å². The maximum Gasteiger partial charge on any atom is 0 e. The average Bonchev–Trinajstić information content (AvgIpc) is 2.42. The van der Waals surface area contributed by atoms with Gasteiger partial charge in [-0.1, -0.05) is 0 Å². The molecule has 0 unspecified atom stereocenters. The summed E-state index contributed by atoms with van der Waals surface area (Å²) in [6.07, 6.45) is 2.02. The van der Waals surface area contributed by atoms with Gasteiger partial charge in [-0.05, 0) is 0 Å². The molecule has 1 radical (unpaired) electrons. The maximum absolute atomic E-state index is 4.03. The quantitative estimate of drug-likeness (QED) is 0.378. The number of rotatable bonds is 4. The van der Waals surface area contributed by atoms with Crippen molar-refractivity contribution < 1.29 is 188 Å². The van der Waals surface area contributed by atoms with Crippen molar-refractivity contribution >= 4 is 12.7 Å². The monoisotopic (exact) mass is 1970 g/mol. The normalized spacial score (nSPS) is 4.42. The number of allylic oxidation sites excluding steroid dienone is 2. The molecule has 0 aliphatic rings. The van der Waals surface area contributed by atoms with Crippen LogP contribution in [0.15, 0.2) is 11.8 Å². The van der Waals surface area contributed by atoms with Crippen LogP contribution in [0.25, 0.3) is 5.32 Å². The van der Waals surface area contributed by atoms with Crippen molar-refractivity contribution in [2.45, 2.75) is 0 Å². The molecule has 26 heavy (non-hydrogen) atoms. The molecule has 1 nitrogen and oxygen atoms in total. The third kappa shape index (κ3) is 97.6. The first kappa shape index (κ1) is 94.3. The molecule has 0 aliphatic heterocycles. The Hall–Kier alpha value is 6.45. The van der Waals surface area contributed by atoms with Crippen molar-refractivity contribution in [2.24, 2.45) is 0 Å². The molecular formula is C15H31NW9Y-12. The summed E-state index contributed by atoms with van der Waals surface area (Å²) in [4.78, 5) is 0. The Morgan fingerprint density at radius 3 is 1.00 bits per heavy atom. The van der Waals surface area contributed by atoms with Gasteiger partial charge in [-0.3, -0.25) is 0 Å². The molecule has 0 aliphatic carbocycles. The molecule has 0 N–H and O–H groups in total. The van der Waals surface area contributed by atoms with Gasteiger partial charge in [-0.25, -0.2) is 0 Å². The van der Waals surface area contributed by atoms with E-state index in [2.05, 4.69) is 14.1 Å². The van der Waals surface area contributed by atoms with Gasteiger partial charge in [0.25, 0.3) is 0 Å². The molecule has 0 saturated heterocycles. The van der Waals surface area contributed by atoms with E-state index in [0.29, 0.717) is 0 Å². The van der Waals surface area contributed by atoms with Crippen LogP contribution < -0.4 is 0 Å². The summed E-state index contributed by atoms with van der Waals surface area (Å²) in [6, 6.07) is 0. The van der Waals surface area contributed by atoms with E-state index in [9.17, 15) is 0 Å². The average molecular weight is 1970 g/mol. The smallest absolute Gasteiger partial charge is 0 e. The Labute approximate surface area is 285 Å². The van der Waals surface area contributed by atoms with Crippen LogP contribution in [0, 0.1) is 66.8 Å². The van der Waals surface area contributed by atoms with Crippen molar-refractivity contribution in [3.63, 3.8) is 0 Å². The minimum Gasteiger partial charge on any atom is 0 e. The van der Waals surface area contributed by atoms with Gasteiger partial charge in [0.05, 0.1) is 0 Å². The molecule has 0 spiro atoms. The van der Waals surface area contributed by atoms with Crippen LogP contribution in [0.1, 0.15) is 0 Å². The van der Waals surface area contributed by atoms with E-state index in [1.165, 1.54) is 62.0 Å². The molecule has 0 aromatic heterocycles. The summed E-state index contributed by atoms with van der Waals surface area (Å²) in [6.45, 7) is 0. The van der Waals surface area contributed by atoms with E-state index < -0.39 is 0 Å². The van der Waals surface area contributed by atoms with Gasteiger partial charge in [-0.2, -0.15) is 0 Å². The molecule has 0 rings (SSSR count). The molecule has 0 atom stereocenters. The van der Waals surface area contributed by atoms with Crippen LogP contribution in [0.5, 0.6) is 0 Å². The SMILES string of the molecule is C[N-]C([C-]=[W])=C[C](=[W])[C-]=[W].[CH3-].[CH3-].[CH3-].[CH3-].[CH3-].[CH3-].[CH3-].[CH3-].[CH3-].[W]=[W].[W]=[W].[W]=[W].[Y]. The summed E-state index contributed by atoms with van der Waals surface area (Å²) in [7, 11) is 1.78. The Bertz CT molecular complexity index is 236. The molecule has 0 fully saturated rings. The summed E-state index contributed by atoms with van der Waals surface area (Å²) in [5.41, 5.74) is 0.953. The van der Waals surface area contributed by atoms with E-state index in [1.54, 1.807) is 104 Å². The van der Waals surface area contributed by atoms with Crippen molar-refractivity contribution in [3.05, 3.63) is 83.9 Å². The molecule has 0 heterocycles. The third-order valence-corrected chi connectivity index (χ3v) is 5.06. The van der Waals surface area contributed by atoms with Crippen LogP contribution >= 0.6 is 0 Å².